The number of methoxy groups -OCH3 is 1. The zero-order valence-electron chi connectivity index (χ0n) is 11.8. The lowest BCUT2D eigenvalue weighted by atomic mass is 9.81. The Balaban J connectivity index is 1.79. The topological polar surface area (TPSA) is 64.5 Å². The van der Waals surface area contributed by atoms with Crippen molar-refractivity contribution < 1.29 is 14.3 Å². The highest BCUT2D eigenvalue weighted by Gasteiger charge is 2.57. The monoisotopic (exact) mass is 297 g/mol. The summed E-state index contributed by atoms with van der Waals surface area (Å²) < 4.78 is 10.5. The minimum Gasteiger partial charge on any atom is -0.468 e. The minimum absolute atomic E-state index is 0.166. The third-order valence-electron chi connectivity index (χ3n) is 4.16. The first kappa shape index (κ1) is 13.8. The molecule has 0 aliphatic carbocycles. The van der Waals surface area contributed by atoms with E-state index in [1.807, 2.05) is 0 Å². The van der Waals surface area contributed by atoms with Crippen molar-refractivity contribution in [3.05, 3.63) is 5.01 Å². The lowest BCUT2D eigenvalue weighted by Gasteiger charge is -2.23. The Hall–Kier alpha value is -1.21. The molecular weight excluding hydrogens is 278 g/mol. The molecule has 2 aliphatic heterocycles. The van der Waals surface area contributed by atoms with Crippen molar-refractivity contribution >= 4 is 22.4 Å². The molecule has 0 N–H and O–H groups in total. The van der Waals surface area contributed by atoms with E-state index in [0.717, 1.165) is 29.5 Å². The highest BCUT2D eigenvalue weighted by atomic mass is 32.1. The van der Waals surface area contributed by atoms with Gasteiger partial charge in [-0.1, -0.05) is 18.3 Å². The van der Waals surface area contributed by atoms with Gasteiger partial charge in [0.05, 0.1) is 20.3 Å². The highest BCUT2D eigenvalue weighted by molar-refractivity contribution is 7.15. The second-order valence-corrected chi connectivity index (χ2v) is 6.51. The SMILES string of the molecule is CCCc1nnc(N2C[C@H]3COC[C@@]3(C(=O)OC)C2)s1. The Bertz CT molecular complexity index is 507. The zero-order valence-corrected chi connectivity index (χ0v) is 12.6. The van der Waals surface area contributed by atoms with Crippen LogP contribution in [0, 0.1) is 11.3 Å². The van der Waals surface area contributed by atoms with Gasteiger partial charge in [-0.2, -0.15) is 0 Å². The molecule has 0 spiro atoms. The molecule has 2 fully saturated rings. The summed E-state index contributed by atoms with van der Waals surface area (Å²) in [6.07, 6.45) is 2.03. The summed E-state index contributed by atoms with van der Waals surface area (Å²) in [4.78, 5) is 14.3. The molecule has 6 nitrogen and oxygen atoms in total. The third kappa shape index (κ3) is 2.09. The molecule has 7 heteroatoms. The third-order valence-corrected chi connectivity index (χ3v) is 5.20. The van der Waals surface area contributed by atoms with Crippen molar-refractivity contribution in [3.8, 4) is 0 Å². The molecule has 3 heterocycles. The first-order valence-electron chi connectivity index (χ1n) is 6.93. The van der Waals surface area contributed by atoms with Gasteiger partial charge in [-0.15, -0.1) is 10.2 Å². The number of carbonyl (C=O) groups is 1. The zero-order chi connectivity index (χ0) is 14.2. The van der Waals surface area contributed by atoms with Gasteiger partial charge in [-0.25, -0.2) is 0 Å². The molecule has 0 bridgehead atoms. The molecule has 1 aromatic heterocycles. The Morgan fingerprint density at radius 2 is 2.45 bits per heavy atom. The lowest BCUT2D eigenvalue weighted by Crippen LogP contribution is -2.40. The van der Waals surface area contributed by atoms with Crippen LogP contribution in [-0.4, -0.2) is 49.6 Å². The number of ether oxygens (including phenoxy) is 2. The van der Waals surface area contributed by atoms with Crippen LogP contribution in [0.4, 0.5) is 5.13 Å². The van der Waals surface area contributed by atoms with Crippen molar-refractivity contribution in [3.63, 3.8) is 0 Å². The molecule has 0 saturated carbocycles. The number of aryl methyl sites for hydroxylation is 1. The van der Waals surface area contributed by atoms with Crippen LogP contribution in [0.2, 0.25) is 0 Å². The fourth-order valence-electron chi connectivity index (χ4n) is 3.06. The van der Waals surface area contributed by atoms with E-state index in [2.05, 4.69) is 22.0 Å². The van der Waals surface area contributed by atoms with Crippen LogP contribution >= 0.6 is 11.3 Å². The summed E-state index contributed by atoms with van der Waals surface area (Å²) >= 11 is 1.62. The van der Waals surface area contributed by atoms with E-state index in [9.17, 15) is 4.79 Å². The first-order valence-corrected chi connectivity index (χ1v) is 7.74. The fourth-order valence-corrected chi connectivity index (χ4v) is 4.01. The van der Waals surface area contributed by atoms with E-state index in [0.29, 0.717) is 19.8 Å². The first-order chi connectivity index (χ1) is 9.69. The molecule has 2 aliphatic rings. The average Bonchev–Trinajstić information content (AvgIpc) is 3.10. The molecule has 0 unspecified atom stereocenters. The maximum atomic E-state index is 12.1. The number of fused-ring (bicyclic) bond motifs is 1. The van der Waals surface area contributed by atoms with Crippen LogP contribution in [-0.2, 0) is 20.7 Å². The summed E-state index contributed by atoms with van der Waals surface area (Å²) in [5.74, 6) is 0.0225. The lowest BCUT2D eigenvalue weighted by molar-refractivity contribution is -0.152. The van der Waals surface area contributed by atoms with Gasteiger partial charge in [0.25, 0.3) is 0 Å². The van der Waals surface area contributed by atoms with E-state index >= 15 is 0 Å². The van der Waals surface area contributed by atoms with Gasteiger partial charge in [0.1, 0.15) is 10.4 Å². The Morgan fingerprint density at radius 3 is 3.20 bits per heavy atom. The predicted molar refractivity (Wildman–Crippen MR) is 74.9 cm³/mol. The minimum atomic E-state index is -0.522. The molecule has 0 radical (unpaired) electrons. The molecule has 20 heavy (non-hydrogen) atoms. The van der Waals surface area contributed by atoms with Crippen molar-refractivity contribution in [1.29, 1.82) is 0 Å². The van der Waals surface area contributed by atoms with E-state index < -0.39 is 5.41 Å². The number of nitrogens with zero attached hydrogens (tertiary/aromatic N) is 3. The number of anilines is 1. The summed E-state index contributed by atoms with van der Waals surface area (Å²) in [6.45, 7) is 4.60. The Labute approximate surface area is 122 Å². The molecule has 2 atom stereocenters. The van der Waals surface area contributed by atoms with Crippen LogP contribution in [0.5, 0.6) is 0 Å². The van der Waals surface area contributed by atoms with E-state index in [1.165, 1.54) is 7.11 Å². The van der Waals surface area contributed by atoms with Crippen LogP contribution in [0.1, 0.15) is 18.4 Å². The largest absolute Gasteiger partial charge is 0.468 e. The predicted octanol–water partition coefficient (Wildman–Crippen LogP) is 1.12. The fraction of sp³-hybridized carbons (Fsp3) is 0.769. The van der Waals surface area contributed by atoms with Gasteiger partial charge in [0, 0.05) is 25.4 Å². The van der Waals surface area contributed by atoms with Gasteiger partial charge in [0.2, 0.25) is 5.13 Å². The molecule has 0 amide bonds. The van der Waals surface area contributed by atoms with Gasteiger partial charge in [-0.3, -0.25) is 4.79 Å². The van der Waals surface area contributed by atoms with Crippen molar-refractivity contribution in [2.24, 2.45) is 11.3 Å². The molecule has 0 aromatic carbocycles. The van der Waals surface area contributed by atoms with Gasteiger partial charge >= 0.3 is 5.97 Å². The van der Waals surface area contributed by atoms with E-state index in [4.69, 9.17) is 9.47 Å². The second-order valence-electron chi connectivity index (χ2n) is 5.47. The second kappa shape index (κ2) is 5.29. The van der Waals surface area contributed by atoms with Crippen molar-refractivity contribution in [1.82, 2.24) is 10.2 Å². The number of esters is 1. The summed E-state index contributed by atoms with van der Waals surface area (Å²) in [5.41, 5.74) is -0.522. The van der Waals surface area contributed by atoms with Gasteiger partial charge < -0.3 is 14.4 Å². The molecule has 3 rings (SSSR count). The molecule has 1 aromatic rings. The number of rotatable bonds is 4. The van der Waals surface area contributed by atoms with Crippen LogP contribution in [0.15, 0.2) is 0 Å². The normalized spacial score (nSPS) is 28.7. The van der Waals surface area contributed by atoms with E-state index in [1.54, 1.807) is 11.3 Å². The molecular formula is C13H19N3O3S. The summed E-state index contributed by atoms with van der Waals surface area (Å²) in [6, 6.07) is 0. The van der Waals surface area contributed by atoms with Crippen LogP contribution < -0.4 is 4.90 Å². The van der Waals surface area contributed by atoms with E-state index in [-0.39, 0.29) is 11.9 Å². The summed E-state index contributed by atoms with van der Waals surface area (Å²) in [7, 11) is 1.44. The number of carbonyl (C=O) groups excluding carboxylic acids is 1. The maximum Gasteiger partial charge on any atom is 0.316 e. The smallest absolute Gasteiger partial charge is 0.316 e. The van der Waals surface area contributed by atoms with Crippen LogP contribution in [0.3, 0.4) is 0 Å². The number of aromatic nitrogens is 2. The number of hydrogen-bond donors (Lipinski definition) is 0. The Kier molecular flexibility index (Phi) is 3.64. The summed E-state index contributed by atoms with van der Waals surface area (Å²) in [5, 5.41) is 10.4. The molecule has 110 valence electrons. The van der Waals surface area contributed by atoms with Gasteiger partial charge in [0.15, 0.2) is 0 Å². The van der Waals surface area contributed by atoms with Crippen molar-refractivity contribution in [2.75, 3.05) is 38.3 Å². The standard InChI is InChI=1S/C13H19N3O3S/c1-3-4-10-14-15-12(20-10)16-5-9-6-19-8-13(9,7-16)11(17)18-2/h9H,3-8H2,1-2H3/t9-,13-/m0/s1. The quantitative estimate of drug-likeness (QED) is 0.776. The maximum absolute atomic E-state index is 12.1. The van der Waals surface area contributed by atoms with Crippen molar-refractivity contribution in [2.45, 2.75) is 19.8 Å². The van der Waals surface area contributed by atoms with Gasteiger partial charge in [-0.05, 0) is 6.42 Å². The molecule has 2 saturated heterocycles. The Morgan fingerprint density at radius 1 is 1.60 bits per heavy atom. The van der Waals surface area contributed by atoms with Crippen LogP contribution in [0.25, 0.3) is 0 Å². The highest BCUT2D eigenvalue weighted by Crippen LogP contribution is 2.44. The number of hydrogen-bond acceptors (Lipinski definition) is 7. The average molecular weight is 297 g/mol.